The van der Waals surface area contributed by atoms with Crippen LogP contribution in [-0.2, 0) is 12.8 Å². The molecule has 0 fully saturated rings. The molecule has 1 unspecified atom stereocenters. The zero-order valence-electron chi connectivity index (χ0n) is 17.0. The van der Waals surface area contributed by atoms with Crippen molar-refractivity contribution in [3.05, 3.63) is 64.7 Å². The van der Waals surface area contributed by atoms with Crippen molar-refractivity contribution in [1.82, 2.24) is 5.32 Å². The number of ether oxygens (including phenoxy) is 1. The number of hydrogen-bond donors (Lipinski definition) is 2. The molecule has 0 radical (unpaired) electrons. The first-order valence-corrected chi connectivity index (χ1v) is 9.96. The Morgan fingerprint density at radius 3 is 2.11 bits per heavy atom. The first-order chi connectivity index (χ1) is 13.0. The number of aliphatic hydroxyl groups is 1. The lowest BCUT2D eigenvalue weighted by Gasteiger charge is -2.19. The van der Waals surface area contributed by atoms with E-state index in [2.05, 4.69) is 69.4 Å². The Labute approximate surface area is 164 Å². The van der Waals surface area contributed by atoms with Crippen molar-refractivity contribution >= 4 is 12.2 Å². The highest BCUT2D eigenvalue weighted by atomic mass is 16.5. The first-order valence-electron chi connectivity index (χ1n) is 9.96. The molecule has 0 bridgehead atoms. The van der Waals surface area contributed by atoms with Gasteiger partial charge in [-0.3, -0.25) is 0 Å². The Bertz CT molecular complexity index is 697. The van der Waals surface area contributed by atoms with Crippen LogP contribution < -0.4 is 10.1 Å². The van der Waals surface area contributed by atoms with E-state index in [0.717, 1.165) is 18.6 Å². The Morgan fingerprint density at radius 2 is 1.56 bits per heavy atom. The van der Waals surface area contributed by atoms with Gasteiger partial charge >= 0.3 is 0 Å². The van der Waals surface area contributed by atoms with Gasteiger partial charge in [-0.1, -0.05) is 70.2 Å². The molecule has 0 heterocycles. The quantitative estimate of drug-likeness (QED) is 0.597. The third kappa shape index (κ3) is 6.85. The summed E-state index contributed by atoms with van der Waals surface area (Å²) < 4.78 is 6.05. The molecule has 0 aliphatic heterocycles. The molecular formula is C24H33NO2. The summed E-state index contributed by atoms with van der Waals surface area (Å²) in [5, 5.41) is 13.4. The smallest absolute Gasteiger partial charge is 0.125 e. The van der Waals surface area contributed by atoms with Crippen LogP contribution in [0.15, 0.2) is 42.5 Å². The lowest BCUT2D eigenvalue weighted by atomic mass is 9.99. The predicted molar refractivity (Wildman–Crippen MR) is 115 cm³/mol. The highest BCUT2D eigenvalue weighted by molar-refractivity contribution is 5.71. The van der Waals surface area contributed by atoms with Gasteiger partial charge in [0.15, 0.2) is 0 Å². The Balaban J connectivity index is 2.14. The van der Waals surface area contributed by atoms with Crippen molar-refractivity contribution in [2.75, 3.05) is 13.2 Å². The van der Waals surface area contributed by atoms with E-state index in [1.165, 1.54) is 22.3 Å². The molecule has 3 nitrogen and oxygen atoms in total. The third-order valence-corrected chi connectivity index (χ3v) is 4.48. The van der Waals surface area contributed by atoms with Crippen LogP contribution in [0.5, 0.6) is 5.75 Å². The summed E-state index contributed by atoms with van der Waals surface area (Å²) in [5.41, 5.74) is 4.74. The fraction of sp³-hybridized carbons (Fsp3) is 0.417. The summed E-state index contributed by atoms with van der Waals surface area (Å²) in [5.74, 6) is 0.931. The van der Waals surface area contributed by atoms with Crippen LogP contribution in [-0.4, -0.2) is 30.4 Å². The molecule has 0 aromatic heterocycles. The average Bonchev–Trinajstić information content (AvgIpc) is 2.69. The van der Waals surface area contributed by atoms with E-state index >= 15 is 0 Å². The minimum absolute atomic E-state index is 0.304. The van der Waals surface area contributed by atoms with Gasteiger partial charge in [-0.2, -0.15) is 0 Å². The summed E-state index contributed by atoms with van der Waals surface area (Å²) >= 11 is 0. The van der Waals surface area contributed by atoms with Gasteiger partial charge in [0.2, 0.25) is 0 Å². The van der Waals surface area contributed by atoms with E-state index in [-0.39, 0.29) is 0 Å². The molecule has 0 saturated carbocycles. The lowest BCUT2D eigenvalue weighted by Crippen LogP contribution is -2.35. The highest BCUT2D eigenvalue weighted by Crippen LogP contribution is 2.28. The second-order valence-electron chi connectivity index (χ2n) is 7.15. The van der Waals surface area contributed by atoms with Crippen LogP contribution in [0.25, 0.3) is 12.2 Å². The molecule has 0 amide bonds. The second kappa shape index (κ2) is 10.9. The maximum absolute atomic E-state index is 10.2. The van der Waals surface area contributed by atoms with Crippen LogP contribution in [0.2, 0.25) is 0 Å². The van der Waals surface area contributed by atoms with Crippen molar-refractivity contribution in [2.45, 2.75) is 52.7 Å². The second-order valence-corrected chi connectivity index (χ2v) is 7.15. The molecule has 2 rings (SSSR count). The normalized spacial score (nSPS) is 12.7. The van der Waals surface area contributed by atoms with Gasteiger partial charge in [0, 0.05) is 12.6 Å². The minimum Gasteiger partial charge on any atom is -0.490 e. The van der Waals surface area contributed by atoms with Gasteiger partial charge in [0.1, 0.15) is 18.5 Å². The number of nitrogens with one attached hydrogen (secondary N) is 1. The Hall–Kier alpha value is -2.10. The van der Waals surface area contributed by atoms with E-state index in [4.69, 9.17) is 4.74 Å². The van der Waals surface area contributed by atoms with Gasteiger partial charge in [-0.25, -0.2) is 0 Å². The van der Waals surface area contributed by atoms with E-state index in [0.29, 0.717) is 19.2 Å². The summed E-state index contributed by atoms with van der Waals surface area (Å²) in [6, 6.07) is 15.0. The fourth-order valence-corrected chi connectivity index (χ4v) is 2.96. The number of aliphatic hydroxyl groups excluding tert-OH is 1. The fourth-order valence-electron chi connectivity index (χ4n) is 2.96. The van der Waals surface area contributed by atoms with Gasteiger partial charge in [-0.05, 0) is 47.2 Å². The SMILES string of the molecule is CCc1cc(/C=C/c2ccccc2)cc(CC)c1OCC(O)CNC(C)C. The van der Waals surface area contributed by atoms with E-state index in [1.54, 1.807) is 0 Å². The van der Waals surface area contributed by atoms with E-state index < -0.39 is 6.10 Å². The van der Waals surface area contributed by atoms with Crippen molar-refractivity contribution < 1.29 is 9.84 Å². The zero-order valence-corrected chi connectivity index (χ0v) is 17.0. The van der Waals surface area contributed by atoms with Crippen LogP contribution in [0.4, 0.5) is 0 Å². The lowest BCUT2D eigenvalue weighted by molar-refractivity contribution is 0.103. The maximum Gasteiger partial charge on any atom is 0.125 e. The maximum atomic E-state index is 10.2. The number of rotatable bonds is 10. The molecule has 146 valence electrons. The molecule has 0 aliphatic carbocycles. The van der Waals surface area contributed by atoms with Crippen molar-refractivity contribution in [3.8, 4) is 5.75 Å². The largest absolute Gasteiger partial charge is 0.490 e. The molecule has 1 atom stereocenters. The summed E-state index contributed by atoms with van der Waals surface area (Å²) in [6.07, 6.45) is 5.57. The Morgan fingerprint density at radius 1 is 0.963 bits per heavy atom. The number of hydrogen-bond acceptors (Lipinski definition) is 3. The molecule has 2 aromatic carbocycles. The molecule has 0 spiro atoms. The van der Waals surface area contributed by atoms with E-state index in [1.807, 2.05) is 18.2 Å². The first kappa shape index (κ1) is 21.2. The topological polar surface area (TPSA) is 41.5 Å². The molecule has 3 heteroatoms. The van der Waals surface area contributed by atoms with Crippen LogP contribution in [0.1, 0.15) is 49.9 Å². The molecule has 0 aliphatic rings. The number of aryl methyl sites for hydroxylation is 2. The van der Waals surface area contributed by atoms with Crippen molar-refractivity contribution in [2.24, 2.45) is 0 Å². The molecule has 2 aromatic rings. The summed E-state index contributed by atoms with van der Waals surface area (Å²) in [7, 11) is 0. The predicted octanol–water partition coefficient (Wildman–Crippen LogP) is 4.72. The molecule has 27 heavy (non-hydrogen) atoms. The van der Waals surface area contributed by atoms with Crippen molar-refractivity contribution in [1.29, 1.82) is 0 Å². The third-order valence-electron chi connectivity index (χ3n) is 4.48. The van der Waals surface area contributed by atoms with Gasteiger partial charge in [0.05, 0.1) is 0 Å². The van der Waals surface area contributed by atoms with Crippen LogP contribution in [0.3, 0.4) is 0 Å². The van der Waals surface area contributed by atoms with Crippen LogP contribution in [0, 0.1) is 0 Å². The molecular weight excluding hydrogens is 334 g/mol. The summed E-state index contributed by atoms with van der Waals surface area (Å²) in [4.78, 5) is 0. The van der Waals surface area contributed by atoms with Crippen LogP contribution >= 0.6 is 0 Å². The average molecular weight is 368 g/mol. The monoisotopic (exact) mass is 367 g/mol. The summed E-state index contributed by atoms with van der Waals surface area (Å²) in [6.45, 7) is 9.27. The standard InChI is InChI=1S/C24H33NO2/c1-5-21-14-20(13-12-19-10-8-7-9-11-19)15-22(6-2)24(21)27-17-23(26)16-25-18(3)4/h7-15,18,23,25-26H,5-6,16-17H2,1-4H3/b13-12+. The van der Waals surface area contributed by atoms with Gasteiger partial charge < -0.3 is 15.2 Å². The van der Waals surface area contributed by atoms with Gasteiger partial charge in [-0.15, -0.1) is 0 Å². The van der Waals surface area contributed by atoms with Crippen molar-refractivity contribution in [3.63, 3.8) is 0 Å². The van der Waals surface area contributed by atoms with E-state index in [9.17, 15) is 5.11 Å². The van der Waals surface area contributed by atoms with Gasteiger partial charge in [0.25, 0.3) is 0 Å². The Kier molecular flexibility index (Phi) is 8.56. The number of benzene rings is 2. The zero-order chi connectivity index (χ0) is 19.6. The molecule has 0 saturated heterocycles. The minimum atomic E-state index is -0.514. The highest BCUT2D eigenvalue weighted by Gasteiger charge is 2.12. The molecule has 2 N–H and O–H groups in total.